The Hall–Kier alpha value is -2.11. The van der Waals surface area contributed by atoms with Crippen LogP contribution in [0.4, 0.5) is 0 Å². The van der Waals surface area contributed by atoms with E-state index >= 15 is 0 Å². The maximum Gasteiger partial charge on any atom is 0.266 e. The van der Waals surface area contributed by atoms with Crippen molar-refractivity contribution in [1.29, 1.82) is 0 Å². The monoisotopic (exact) mass is 368 g/mol. The van der Waals surface area contributed by atoms with Crippen LogP contribution in [0.1, 0.15) is 26.3 Å². The average Bonchev–Trinajstić information content (AvgIpc) is 2.65. The lowest BCUT2D eigenvalue weighted by Crippen LogP contribution is -2.22. The summed E-state index contributed by atoms with van der Waals surface area (Å²) in [5.74, 6) is 0.746. The van der Waals surface area contributed by atoms with Crippen molar-refractivity contribution in [3.05, 3.63) is 64.4 Å². The van der Waals surface area contributed by atoms with Gasteiger partial charge in [0.15, 0.2) is 5.16 Å². The quantitative estimate of drug-likeness (QED) is 0.351. The smallest absolute Gasteiger partial charge is 0.266 e. The van der Waals surface area contributed by atoms with Gasteiger partial charge < -0.3 is 4.74 Å². The molecule has 0 bridgehead atoms. The van der Waals surface area contributed by atoms with Gasteiger partial charge in [0.25, 0.3) is 5.56 Å². The summed E-state index contributed by atoms with van der Waals surface area (Å²) in [6.45, 7) is 6.78. The molecule has 0 aliphatic carbocycles. The maximum absolute atomic E-state index is 13.1. The molecule has 0 aliphatic rings. The lowest BCUT2D eigenvalue weighted by molar-refractivity contribution is 0.0920. The number of rotatable bonds is 7. The van der Waals surface area contributed by atoms with Crippen molar-refractivity contribution in [2.75, 3.05) is 12.4 Å². The summed E-state index contributed by atoms with van der Waals surface area (Å²) in [6.07, 6.45) is 1.17. The molecule has 0 amide bonds. The van der Waals surface area contributed by atoms with Gasteiger partial charge in [-0.25, -0.2) is 4.98 Å². The molecule has 0 unspecified atom stereocenters. The standard InChI is InChI=1S/C21H24N2O2S/c1-4-16-9-11-17(12-10-16)23-20(24)18-7-5-6-8-19(18)22-21(23)26-14-13-25-15(2)3/h5-12,15H,4,13-14H2,1-3H3. The van der Waals surface area contributed by atoms with E-state index in [1.165, 1.54) is 5.56 Å². The molecular formula is C21H24N2O2S. The summed E-state index contributed by atoms with van der Waals surface area (Å²) in [4.78, 5) is 17.9. The minimum absolute atomic E-state index is 0.0351. The van der Waals surface area contributed by atoms with Gasteiger partial charge in [-0.3, -0.25) is 9.36 Å². The molecule has 4 nitrogen and oxygen atoms in total. The van der Waals surface area contributed by atoms with Crippen molar-refractivity contribution >= 4 is 22.7 Å². The molecule has 1 heterocycles. The summed E-state index contributed by atoms with van der Waals surface area (Å²) >= 11 is 1.55. The zero-order valence-electron chi connectivity index (χ0n) is 15.4. The molecule has 0 atom stereocenters. The minimum atomic E-state index is -0.0351. The zero-order chi connectivity index (χ0) is 18.5. The molecule has 0 aliphatic heterocycles. The summed E-state index contributed by atoms with van der Waals surface area (Å²) in [5, 5.41) is 1.33. The Morgan fingerprint density at radius 3 is 2.54 bits per heavy atom. The molecule has 3 rings (SSSR count). The number of nitrogens with zero attached hydrogens (tertiary/aromatic N) is 2. The SMILES string of the molecule is CCc1ccc(-n2c(SCCOC(C)C)nc3ccccc3c2=O)cc1. The summed E-state index contributed by atoms with van der Waals surface area (Å²) in [6, 6.07) is 15.6. The molecule has 0 saturated heterocycles. The first kappa shape index (κ1) is 18.7. The molecule has 0 N–H and O–H groups in total. The number of para-hydroxylation sites is 1. The number of fused-ring (bicyclic) bond motifs is 1. The summed E-state index contributed by atoms with van der Waals surface area (Å²) < 4.78 is 7.33. The lowest BCUT2D eigenvalue weighted by Gasteiger charge is -2.14. The fraction of sp³-hybridized carbons (Fsp3) is 0.333. The molecule has 0 radical (unpaired) electrons. The molecule has 0 fully saturated rings. The van der Waals surface area contributed by atoms with Crippen LogP contribution in [0.15, 0.2) is 58.5 Å². The van der Waals surface area contributed by atoms with Gasteiger partial charge in [-0.2, -0.15) is 0 Å². The van der Waals surface area contributed by atoms with Gasteiger partial charge in [0, 0.05) is 5.75 Å². The van der Waals surface area contributed by atoms with Gasteiger partial charge in [0.2, 0.25) is 0 Å². The van der Waals surface area contributed by atoms with Crippen LogP contribution >= 0.6 is 11.8 Å². The third kappa shape index (κ3) is 4.17. The second-order valence-corrected chi connectivity index (χ2v) is 7.40. The van der Waals surface area contributed by atoms with Gasteiger partial charge in [-0.15, -0.1) is 0 Å². The molecule has 5 heteroatoms. The van der Waals surface area contributed by atoms with E-state index in [9.17, 15) is 4.79 Å². The van der Waals surface area contributed by atoms with Gasteiger partial charge >= 0.3 is 0 Å². The van der Waals surface area contributed by atoms with E-state index in [0.717, 1.165) is 23.4 Å². The number of hydrogen-bond donors (Lipinski definition) is 0. The first-order valence-electron chi connectivity index (χ1n) is 8.95. The van der Waals surface area contributed by atoms with Crippen molar-refractivity contribution in [1.82, 2.24) is 9.55 Å². The summed E-state index contributed by atoms with van der Waals surface area (Å²) in [5.41, 5.74) is 2.78. The largest absolute Gasteiger partial charge is 0.378 e. The minimum Gasteiger partial charge on any atom is -0.378 e. The maximum atomic E-state index is 13.1. The predicted octanol–water partition coefficient (Wildman–Crippen LogP) is 4.47. The third-order valence-corrected chi connectivity index (χ3v) is 5.02. The average molecular weight is 369 g/mol. The highest BCUT2D eigenvalue weighted by molar-refractivity contribution is 7.99. The lowest BCUT2D eigenvalue weighted by atomic mass is 10.1. The highest BCUT2D eigenvalue weighted by atomic mass is 32.2. The highest BCUT2D eigenvalue weighted by Crippen LogP contribution is 2.21. The Balaban J connectivity index is 2.03. The normalized spacial score (nSPS) is 11.4. The molecule has 0 saturated carbocycles. The van der Waals surface area contributed by atoms with Gasteiger partial charge in [-0.05, 0) is 50.1 Å². The Morgan fingerprint density at radius 1 is 1.12 bits per heavy atom. The van der Waals surface area contributed by atoms with Crippen LogP contribution in [0, 0.1) is 0 Å². The molecule has 3 aromatic rings. The van der Waals surface area contributed by atoms with Crippen molar-refractivity contribution in [3.8, 4) is 5.69 Å². The van der Waals surface area contributed by atoms with E-state index in [2.05, 4.69) is 19.1 Å². The van der Waals surface area contributed by atoms with Gasteiger partial charge in [0.1, 0.15) is 0 Å². The Kier molecular flexibility index (Phi) is 6.12. The Labute approximate surface area is 158 Å². The van der Waals surface area contributed by atoms with E-state index in [1.54, 1.807) is 16.3 Å². The van der Waals surface area contributed by atoms with Crippen LogP contribution in [0.2, 0.25) is 0 Å². The van der Waals surface area contributed by atoms with Crippen LogP contribution in [0.5, 0.6) is 0 Å². The third-order valence-electron chi connectivity index (χ3n) is 4.11. The van der Waals surface area contributed by atoms with Crippen molar-refractivity contribution in [2.45, 2.75) is 38.5 Å². The van der Waals surface area contributed by atoms with Gasteiger partial charge in [-0.1, -0.05) is 43.0 Å². The molecule has 0 spiro atoms. The van der Waals surface area contributed by atoms with E-state index in [1.807, 2.05) is 50.2 Å². The van der Waals surface area contributed by atoms with Crippen LogP contribution in [-0.4, -0.2) is 28.0 Å². The molecule has 1 aromatic heterocycles. The van der Waals surface area contributed by atoms with E-state index < -0.39 is 0 Å². The first-order valence-corrected chi connectivity index (χ1v) is 9.94. The van der Waals surface area contributed by atoms with Crippen molar-refractivity contribution in [3.63, 3.8) is 0 Å². The number of aryl methyl sites for hydroxylation is 1. The fourth-order valence-corrected chi connectivity index (χ4v) is 3.58. The van der Waals surface area contributed by atoms with Crippen molar-refractivity contribution in [2.24, 2.45) is 0 Å². The number of hydrogen-bond acceptors (Lipinski definition) is 4. The topological polar surface area (TPSA) is 44.1 Å². The van der Waals surface area contributed by atoms with E-state index in [4.69, 9.17) is 9.72 Å². The van der Waals surface area contributed by atoms with Crippen LogP contribution in [0.25, 0.3) is 16.6 Å². The van der Waals surface area contributed by atoms with Crippen LogP contribution in [0.3, 0.4) is 0 Å². The highest BCUT2D eigenvalue weighted by Gasteiger charge is 2.13. The van der Waals surface area contributed by atoms with E-state index in [-0.39, 0.29) is 11.7 Å². The van der Waals surface area contributed by atoms with Crippen LogP contribution in [-0.2, 0) is 11.2 Å². The molecule has 136 valence electrons. The number of aromatic nitrogens is 2. The molecule has 26 heavy (non-hydrogen) atoms. The Bertz CT molecular complexity index is 933. The second kappa shape index (κ2) is 8.52. The van der Waals surface area contributed by atoms with E-state index in [0.29, 0.717) is 17.1 Å². The second-order valence-electron chi connectivity index (χ2n) is 6.34. The van der Waals surface area contributed by atoms with Crippen LogP contribution < -0.4 is 5.56 Å². The Morgan fingerprint density at radius 2 is 1.85 bits per heavy atom. The number of ether oxygens (including phenoxy) is 1. The molecular weight excluding hydrogens is 344 g/mol. The first-order chi connectivity index (χ1) is 12.6. The predicted molar refractivity (Wildman–Crippen MR) is 109 cm³/mol. The van der Waals surface area contributed by atoms with Crippen molar-refractivity contribution < 1.29 is 4.74 Å². The molecule has 2 aromatic carbocycles. The fourth-order valence-electron chi connectivity index (χ4n) is 2.73. The number of thioether (sulfide) groups is 1. The zero-order valence-corrected chi connectivity index (χ0v) is 16.3. The van der Waals surface area contributed by atoms with Gasteiger partial charge in [0.05, 0.1) is 29.3 Å². The number of benzene rings is 2. The summed E-state index contributed by atoms with van der Waals surface area (Å²) in [7, 11) is 0.